The SMILES string of the molecule is CC(C)OC(=O)/C=C/C(=O)OCCCNC(=O)OC(C)C. The summed E-state index contributed by atoms with van der Waals surface area (Å²) < 4.78 is 14.5. The van der Waals surface area contributed by atoms with Gasteiger partial charge >= 0.3 is 18.0 Å². The maximum absolute atomic E-state index is 11.2. The van der Waals surface area contributed by atoms with Gasteiger partial charge in [0.25, 0.3) is 0 Å². The Morgan fingerprint density at radius 1 is 0.952 bits per heavy atom. The molecule has 1 amide bonds. The van der Waals surface area contributed by atoms with E-state index >= 15 is 0 Å². The van der Waals surface area contributed by atoms with E-state index in [1.54, 1.807) is 27.7 Å². The number of alkyl carbamates (subject to hydrolysis) is 1. The summed E-state index contributed by atoms with van der Waals surface area (Å²) in [6, 6.07) is 0. The summed E-state index contributed by atoms with van der Waals surface area (Å²) in [6.45, 7) is 7.38. The highest BCUT2D eigenvalue weighted by atomic mass is 16.6. The van der Waals surface area contributed by atoms with E-state index in [9.17, 15) is 14.4 Å². The second kappa shape index (κ2) is 10.7. The largest absolute Gasteiger partial charge is 0.462 e. The van der Waals surface area contributed by atoms with Crippen molar-refractivity contribution in [1.82, 2.24) is 5.32 Å². The number of carbonyl (C=O) groups excluding carboxylic acids is 3. The summed E-state index contributed by atoms with van der Waals surface area (Å²) in [5, 5.41) is 2.51. The molecule has 0 fully saturated rings. The predicted molar refractivity (Wildman–Crippen MR) is 75.6 cm³/mol. The highest BCUT2D eigenvalue weighted by Crippen LogP contribution is 1.92. The zero-order valence-electron chi connectivity index (χ0n) is 12.9. The van der Waals surface area contributed by atoms with Crippen molar-refractivity contribution in [2.75, 3.05) is 13.2 Å². The van der Waals surface area contributed by atoms with Crippen molar-refractivity contribution in [1.29, 1.82) is 0 Å². The van der Waals surface area contributed by atoms with Gasteiger partial charge in [0.2, 0.25) is 0 Å². The molecule has 120 valence electrons. The first kappa shape index (κ1) is 18.9. The van der Waals surface area contributed by atoms with Gasteiger partial charge in [-0.15, -0.1) is 0 Å². The summed E-state index contributed by atoms with van der Waals surface area (Å²) in [6.07, 6.45) is 1.54. The van der Waals surface area contributed by atoms with E-state index < -0.39 is 18.0 Å². The minimum Gasteiger partial charge on any atom is -0.462 e. The van der Waals surface area contributed by atoms with Crippen LogP contribution in [0.1, 0.15) is 34.1 Å². The van der Waals surface area contributed by atoms with Crippen LogP contribution in [-0.2, 0) is 23.8 Å². The first-order valence-corrected chi connectivity index (χ1v) is 6.81. The zero-order chi connectivity index (χ0) is 16.3. The van der Waals surface area contributed by atoms with Gasteiger partial charge in [0.15, 0.2) is 0 Å². The molecule has 0 unspecified atom stereocenters. The lowest BCUT2D eigenvalue weighted by Crippen LogP contribution is -2.28. The third-order valence-electron chi connectivity index (χ3n) is 1.88. The van der Waals surface area contributed by atoms with Crippen molar-refractivity contribution in [3.63, 3.8) is 0 Å². The van der Waals surface area contributed by atoms with E-state index in [0.717, 1.165) is 12.2 Å². The van der Waals surface area contributed by atoms with Crippen molar-refractivity contribution in [3.8, 4) is 0 Å². The molecule has 0 spiro atoms. The Morgan fingerprint density at radius 2 is 1.52 bits per heavy atom. The normalized spacial score (nSPS) is 10.8. The predicted octanol–water partition coefficient (Wildman–Crippen LogP) is 1.56. The second-order valence-corrected chi connectivity index (χ2v) is 4.72. The van der Waals surface area contributed by atoms with Gasteiger partial charge in [-0.1, -0.05) is 0 Å². The van der Waals surface area contributed by atoms with Crippen LogP contribution in [0.15, 0.2) is 12.2 Å². The third kappa shape index (κ3) is 12.7. The molecule has 0 rings (SSSR count). The summed E-state index contributed by atoms with van der Waals surface area (Å²) in [4.78, 5) is 33.5. The maximum Gasteiger partial charge on any atom is 0.407 e. The molecule has 7 nitrogen and oxygen atoms in total. The summed E-state index contributed by atoms with van der Waals surface area (Å²) in [5.74, 6) is -1.24. The Kier molecular flexibility index (Phi) is 9.66. The van der Waals surface area contributed by atoms with Crippen molar-refractivity contribution < 1.29 is 28.6 Å². The quantitative estimate of drug-likeness (QED) is 0.317. The number of esters is 2. The first-order chi connectivity index (χ1) is 9.81. The van der Waals surface area contributed by atoms with Gasteiger partial charge in [-0.25, -0.2) is 14.4 Å². The molecule has 0 aromatic carbocycles. The number of nitrogens with one attached hydrogen (secondary N) is 1. The van der Waals surface area contributed by atoms with E-state index in [0.29, 0.717) is 13.0 Å². The minimum atomic E-state index is -0.638. The molecule has 0 aliphatic heterocycles. The van der Waals surface area contributed by atoms with Gasteiger partial charge in [-0.2, -0.15) is 0 Å². The first-order valence-electron chi connectivity index (χ1n) is 6.81. The number of ether oxygens (including phenoxy) is 3. The molecule has 0 bridgehead atoms. The zero-order valence-corrected chi connectivity index (χ0v) is 12.9. The van der Waals surface area contributed by atoms with Crippen LogP contribution in [0, 0.1) is 0 Å². The van der Waals surface area contributed by atoms with Crippen LogP contribution in [0.5, 0.6) is 0 Å². The average molecular weight is 301 g/mol. The van der Waals surface area contributed by atoms with Crippen LogP contribution in [0.3, 0.4) is 0 Å². The molecule has 0 aromatic heterocycles. The Labute approximate surface area is 124 Å². The average Bonchev–Trinajstić information content (AvgIpc) is 2.34. The van der Waals surface area contributed by atoms with Crippen molar-refractivity contribution in [3.05, 3.63) is 12.2 Å². The summed E-state index contributed by atoms with van der Waals surface area (Å²) >= 11 is 0. The standard InChI is InChI=1S/C14H23NO6/c1-10(2)20-13(17)7-6-12(16)19-9-5-8-15-14(18)21-11(3)4/h6-7,10-11H,5,8-9H2,1-4H3,(H,15,18)/b7-6+. The molecule has 0 saturated heterocycles. The lowest BCUT2D eigenvalue weighted by molar-refractivity contribution is -0.142. The molecule has 21 heavy (non-hydrogen) atoms. The van der Waals surface area contributed by atoms with Gasteiger partial charge < -0.3 is 19.5 Å². The van der Waals surface area contributed by atoms with E-state index in [-0.39, 0.29) is 18.8 Å². The Hall–Kier alpha value is -2.05. The van der Waals surface area contributed by atoms with Crippen molar-refractivity contribution in [2.24, 2.45) is 0 Å². The molecule has 0 aromatic rings. The van der Waals surface area contributed by atoms with E-state index in [2.05, 4.69) is 5.32 Å². The molecule has 0 aliphatic rings. The number of rotatable bonds is 8. The molecule has 1 N–H and O–H groups in total. The van der Waals surface area contributed by atoms with E-state index in [1.165, 1.54) is 0 Å². The van der Waals surface area contributed by atoms with Crippen LogP contribution in [-0.4, -0.2) is 43.4 Å². The number of hydrogen-bond donors (Lipinski definition) is 1. The molecule has 0 aliphatic carbocycles. The fourth-order valence-electron chi connectivity index (χ4n) is 1.15. The van der Waals surface area contributed by atoms with E-state index in [1.807, 2.05) is 0 Å². The van der Waals surface area contributed by atoms with Crippen LogP contribution in [0.25, 0.3) is 0 Å². The topological polar surface area (TPSA) is 90.9 Å². The Morgan fingerprint density at radius 3 is 2.10 bits per heavy atom. The molecule has 7 heteroatoms. The smallest absolute Gasteiger partial charge is 0.407 e. The van der Waals surface area contributed by atoms with Gasteiger partial charge in [0.1, 0.15) is 0 Å². The minimum absolute atomic E-state index is 0.129. The fraction of sp³-hybridized carbons (Fsp3) is 0.643. The maximum atomic E-state index is 11.2. The fourth-order valence-corrected chi connectivity index (χ4v) is 1.15. The molecular weight excluding hydrogens is 278 g/mol. The van der Waals surface area contributed by atoms with E-state index in [4.69, 9.17) is 14.2 Å². The molecule has 0 atom stereocenters. The highest BCUT2D eigenvalue weighted by molar-refractivity contribution is 5.91. The van der Waals surface area contributed by atoms with Gasteiger partial charge in [0.05, 0.1) is 18.8 Å². The lowest BCUT2D eigenvalue weighted by atomic mass is 10.4. The number of hydrogen-bond acceptors (Lipinski definition) is 6. The summed E-state index contributed by atoms with van der Waals surface area (Å²) in [7, 11) is 0. The number of amides is 1. The van der Waals surface area contributed by atoms with Crippen LogP contribution < -0.4 is 5.32 Å². The Bertz CT molecular complexity index is 376. The number of carbonyl (C=O) groups is 3. The molecule has 0 radical (unpaired) electrons. The molecular formula is C14H23NO6. The molecule has 0 heterocycles. The highest BCUT2D eigenvalue weighted by Gasteiger charge is 2.05. The molecule has 0 saturated carbocycles. The Balaban J connectivity index is 3.69. The van der Waals surface area contributed by atoms with Crippen LogP contribution in [0.2, 0.25) is 0 Å². The summed E-state index contributed by atoms with van der Waals surface area (Å²) in [5.41, 5.74) is 0. The van der Waals surface area contributed by atoms with Gasteiger partial charge in [-0.05, 0) is 34.1 Å². The van der Waals surface area contributed by atoms with Gasteiger partial charge in [-0.3, -0.25) is 0 Å². The van der Waals surface area contributed by atoms with Crippen molar-refractivity contribution >= 4 is 18.0 Å². The van der Waals surface area contributed by atoms with Crippen molar-refractivity contribution in [2.45, 2.75) is 46.3 Å². The monoisotopic (exact) mass is 301 g/mol. The second-order valence-electron chi connectivity index (χ2n) is 4.72. The third-order valence-corrected chi connectivity index (χ3v) is 1.88. The lowest BCUT2D eigenvalue weighted by Gasteiger charge is -2.09. The van der Waals surface area contributed by atoms with Crippen LogP contribution in [0.4, 0.5) is 4.79 Å². The van der Waals surface area contributed by atoms with Gasteiger partial charge in [0, 0.05) is 18.7 Å². The van der Waals surface area contributed by atoms with Crippen LogP contribution >= 0.6 is 0 Å².